The lowest BCUT2D eigenvalue weighted by Gasteiger charge is -2.20. The van der Waals surface area contributed by atoms with E-state index in [1.54, 1.807) is 6.92 Å². The molecule has 2 aromatic rings. The molecule has 10 heteroatoms. The summed E-state index contributed by atoms with van der Waals surface area (Å²) in [6.45, 7) is 1.92. The van der Waals surface area contributed by atoms with Gasteiger partial charge in [-0.3, -0.25) is 14.7 Å². The molecule has 154 valence electrons. The first-order chi connectivity index (χ1) is 13.8. The third-order valence-corrected chi connectivity index (χ3v) is 4.45. The Morgan fingerprint density at radius 3 is 2.86 bits per heavy atom. The van der Waals surface area contributed by atoms with E-state index in [9.17, 15) is 14.0 Å². The van der Waals surface area contributed by atoms with Gasteiger partial charge in [0.1, 0.15) is 23.2 Å². The Morgan fingerprint density at radius 1 is 1.48 bits per heavy atom. The zero-order valence-electron chi connectivity index (χ0n) is 16.5. The van der Waals surface area contributed by atoms with Gasteiger partial charge in [-0.25, -0.2) is 4.39 Å². The monoisotopic (exact) mass is 402 g/mol. The van der Waals surface area contributed by atoms with Crippen LogP contribution in [0.3, 0.4) is 0 Å². The van der Waals surface area contributed by atoms with Gasteiger partial charge in [0.05, 0.1) is 18.8 Å². The highest BCUT2D eigenvalue weighted by molar-refractivity contribution is 6.35. The van der Waals surface area contributed by atoms with Crippen molar-refractivity contribution < 1.29 is 18.7 Å². The van der Waals surface area contributed by atoms with Crippen molar-refractivity contribution in [1.82, 2.24) is 20.4 Å². The minimum Gasteiger partial charge on any atom is -0.496 e. The first-order valence-corrected chi connectivity index (χ1v) is 8.90. The van der Waals surface area contributed by atoms with Crippen LogP contribution in [0.15, 0.2) is 18.2 Å². The van der Waals surface area contributed by atoms with Gasteiger partial charge in [-0.2, -0.15) is 10.4 Å². The Hall–Kier alpha value is -3.61. The van der Waals surface area contributed by atoms with Gasteiger partial charge in [-0.1, -0.05) is 0 Å². The molecule has 2 rings (SSSR count). The third-order valence-electron chi connectivity index (χ3n) is 4.45. The number of likely N-dealkylation sites (N-methyl/N-ethyl adjacent to an activating group) is 1. The van der Waals surface area contributed by atoms with Crippen molar-refractivity contribution in [3.05, 3.63) is 40.8 Å². The summed E-state index contributed by atoms with van der Waals surface area (Å²) in [6, 6.07) is 5.30. The molecule has 0 aliphatic rings. The fourth-order valence-electron chi connectivity index (χ4n) is 2.85. The number of nitrogens with one attached hydrogen (secondary N) is 2. The number of carbonyl (C=O) groups is 2. The molecular weight excluding hydrogens is 379 g/mol. The Morgan fingerprint density at radius 2 is 2.21 bits per heavy atom. The number of nitrogen functional groups attached to an aromatic ring is 1. The van der Waals surface area contributed by atoms with Gasteiger partial charge in [0, 0.05) is 19.2 Å². The Labute approximate surface area is 167 Å². The van der Waals surface area contributed by atoms with Crippen LogP contribution < -0.4 is 15.8 Å². The standard InChI is InChI=1S/C19H23FN6O3/c1-11(13-9-12(20)6-7-16(13)29-3)23-18(27)19(28)26(2)8-4-5-15-14(10-21)17(22)25-24-15/h6-7,9,11H,4-5,8H2,1-3H3,(H,23,27)(H3,22,24,25). The number of amides is 2. The lowest BCUT2D eigenvalue weighted by Crippen LogP contribution is -2.42. The number of benzene rings is 1. The Balaban J connectivity index is 1.91. The number of carbonyl (C=O) groups excluding carboxylic acids is 2. The summed E-state index contributed by atoms with van der Waals surface area (Å²) in [7, 11) is 2.94. The second-order valence-electron chi connectivity index (χ2n) is 6.49. The highest BCUT2D eigenvalue weighted by Gasteiger charge is 2.22. The first kappa shape index (κ1) is 21.7. The molecule has 0 aliphatic heterocycles. The van der Waals surface area contributed by atoms with Crippen LogP contribution >= 0.6 is 0 Å². The van der Waals surface area contributed by atoms with Gasteiger partial charge in [0.2, 0.25) is 0 Å². The van der Waals surface area contributed by atoms with E-state index in [4.69, 9.17) is 15.7 Å². The van der Waals surface area contributed by atoms with Crippen LogP contribution in [0.25, 0.3) is 0 Å². The van der Waals surface area contributed by atoms with Crippen LogP contribution in [-0.4, -0.2) is 47.6 Å². The number of nitriles is 1. The maximum Gasteiger partial charge on any atom is 0.311 e. The van der Waals surface area contributed by atoms with E-state index in [2.05, 4.69) is 15.5 Å². The molecule has 1 heterocycles. The average molecular weight is 402 g/mol. The number of aromatic nitrogens is 2. The summed E-state index contributed by atoms with van der Waals surface area (Å²) < 4.78 is 18.7. The van der Waals surface area contributed by atoms with E-state index in [-0.39, 0.29) is 17.9 Å². The molecule has 0 fully saturated rings. The smallest absolute Gasteiger partial charge is 0.311 e. The quantitative estimate of drug-likeness (QED) is 0.597. The lowest BCUT2D eigenvalue weighted by molar-refractivity contribution is -0.145. The van der Waals surface area contributed by atoms with Crippen LogP contribution in [0.1, 0.15) is 36.2 Å². The number of ether oxygens (including phenoxy) is 1. The van der Waals surface area contributed by atoms with Crippen molar-refractivity contribution in [2.24, 2.45) is 0 Å². The largest absolute Gasteiger partial charge is 0.496 e. The van der Waals surface area contributed by atoms with Crippen molar-refractivity contribution in [3.8, 4) is 11.8 Å². The van der Waals surface area contributed by atoms with Gasteiger partial charge in [0.15, 0.2) is 5.82 Å². The summed E-state index contributed by atoms with van der Waals surface area (Å²) in [5, 5.41) is 18.1. The third kappa shape index (κ3) is 5.22. The average Bonchev–Trinajstić information content (AvgIpc) is 3.06. The van der Waals surface area contributed by atoms with Crippen molar-refractivity contribution in [1.29, 1.82) is 5.26 Å². The van der Waals surface area contributed by atoms with Crippen molar-refractivity contribution in [2.75, 3.05) is 26.4 Å². The fourth-order valence-corrected chi connectivity index (χ4v) is 2.85. The topological polar surface area (TPSA) is 137 Å². The summed E-state index contributed by atoms with van der Waals surface area (Å²) in [5.74, 6) is -1.46. The zero-order chi connectivity index (χ0) is 21.6. The van der Waals surface area contributed by atoms with Gasteiger partial charge >= 0.3 is 11.8 Å². The number of hydrogen-bond donors (Lipinski definition) is 3. The van der Waals surface area contributed by atoms with Crippen LogP contribution in [0.5, 0.6) is 5.75 Å². The highest BCUT2D eigenvalue weighted by Crippen LogP contribution is 2.25. The molecular formula is C19H23FN6O3. The summed E-state index contributed by atoms with van der Waals surface area (Å²) in [5.41, 5.74) is 6.88. The normalized spacial score (nSPS) is 11.4. The molecule has 0 aliphatic carbocycles. The van der Waals surface area contributed by atoms with Gasteiger partial charge < -0.3 is 20.7 Å². The zero-order valence-corrected chi connectivity index (χ0v) is 16.5. The van der Waals surface area contributed by atoms with E-state index in [0.29, 0.717) is 29.8 Å². The molecule has 0 spiro atoms. The molecule has 0 bridgehead atoms. The van der Waals surface area contributed by atoms with Crippen LogP contribution in [0, 0.1) is 17.1 Å². The number of nitrogens with two attached hydrogens (primary N) is 1. The van der Waals surface area contributed by atoms with Gasteiger partial charge in [-0.05, 0) is 38.0 Å². The molecule has 1 atom stereocenters. The maximum absolute atomic E-state index is 13.5. The van der Waals surface area contributed by atoms with Crippen LogP contribution in [-0.2, 0) is 16.0 Å². The SMILES string of the molecule is COc1ccc(F)cc1C(C)NC(=O)C(=O)N(C)CCCc1[nH]nc(N)c1C#N. The molecule has 0 saturated carbocycles. The lowest BCUT2D eigenvalue weighted by atomic mass is 10.1. The summed E-state index contributed by atoms with van der Waals surface area (Å²) >= 11 is 0. The Kier molecular flexibility index (Phi) is 7.14. The number of halogens is 1. The number of aromatic amines is 1. The van der Waals surface area contributed by atoms with Gasteiger partial charge in [0.25, 0.3) is 0 Å². The molecule has 2 amide bonds. The second kappa shape index (κ2) is 9.54. The molecule has 4 N–H and O–H groups in total. The molecule has 0 saturated heterocycles. The number of nitrogens with zero attached hydrogens (tertiary/aromatic N) is 3. The van der Waals surface area contributed by atoms with Crippen molar-refractivity contribution in [3.63, 3.8) is 0 Å². The summed E-state index contributed by atoms with van der Waals surface area (Å²) in [4.78, 5) is 25.9. The first-order valence-electron chi connectivity index (χ1n) is 8.90. The minimum absolute atomic E-state index is 0.132. The van der Waals surface area contributed by atoms with Gasteiger partial charge in [-0.15, -0.1) is 0 Å². The predicted molar refractivity (Wildman–Crippen MR) is 103 cm³/mol. The highest BCUT2D eigenvalue weighted by atomic mass is 19.1. The number of aryl methyl sites for hydroxylation is 1. The summed E-state index contributed by atoms with van der Waals surface area (Å²) in [6.07, 6.45) is 0.947. The Bertz CT molecular complexity index is 937. The molecule has 0 radical (unpaired) electrons. The van der Waals surface area contributed by atoms with Crippen LogP contribution in [0.2, 0.25) is 0 Å². The number of rotatable bonds is 7. The van der Waals surface area contributed by atoms with E-state index in [1.807, 2.05) is 6.07 Å². The minimum atomic E-state index is -0.810. The number of anilines is 1. The van der Waals surface area contributed by atoms with E-state index >= 15 is 0 Å². The predicted octanol–water partition coefficient (Wildman–Crippen LogP) is 1.28. The number of H-pyrrole nitrogens is 1. The molecule has 1 unspecified atom stereocenters. The second-order valence-corrected chi connectivity index (χ2v) is 6.49. The fraction of sp³-hybridized carbons (Fsp3) is 0.368. The molecule has 1 aromatic heterocycles. The van der Waals surface area contributed by atoms with E-state index in [1.165, 1.54) is 37.3 Å². The van der Waals surface area contributed by atoms with Crippen LogP contribution in [0.4, 0.5) is 10.2 Å². The number of methoxy groups -OCH3 is 1. The maximum atomic E-state index is 13.5. The molecule has 29 heavy (non-hydrogen) atoms. The number of hydrogen-bond acceptors (Lipinski definition) is 6. The van der Waals surface area contributed by atoms with Crippen molar-refractivity contribution >= 4 is 17.6 Å². The molecule has 1 aromatic carbocycles. The van der Waals surface area contributed by atoms with Crippen molar-refractivity contribution in [2.45, 2.75) is 25.8 Å². The van der Waals surface area contributed by atoms with E-state index < -0.39 is 23.7 Å². The van der Waals surface area contributed by atoms with E-state index in [0.717, 1.165) is 0 Å². The molecule has 9 nitrogen and oxygen atoms in total.